The van der Waals surface area contributed by atoms with E-state index in [0.29, 0.717) is 13.1 Å². The zero-order chi connectivity index (χ0) is 18.9. The predicted octanol–water partition coefficient (Wildman–Crippen LogP) is 2.87. The number of likely N-dealkylation sites (N-methyl/N-ethyl adjacent to an activating group) is 1. The number of carbonyl (C=O) groups is 2. The van der Waals surface area contributed by atoms with E-state index in [4.69, 9.17) is 4.74 Å². The maximum Gasteiger partial charge on any atom is 0.321 e. The van der Waals surface area contributed by atoms with Gasteiger partial charge < -0.3 is 19.9 Å². The Balaban J connectivity index is 1.60. The second-order valence-corrected chi connectivity index (χ2v) is 7.84. The first-order valence-electron chi connectivity index (χ1n) is 9.32. The molecule has 0 aromatic heterocycles. The highest BCUT2D eigenvalue weighted by molar-refractivity contribution is 5.89. The molecule has 6 nitrogen and oxygen atoms in total. The van der Waals surface area contributed by atoms with E-state index in [1.807, 2.05) is 36.1 Å². The number of urea groups is 1. The van der Waals surface area contributed by atoms with Crippen molar-refractivity contribution in [1.82, 2.24) is 9.80 Å². The van der Waals surface area contributed by atoms with Gasteiger partial charge in [0.15, 0.2) is 0 Å². The van der Waals surface area contributed by atoms with E-state index >= 15 is 0 Å². The van der Waals surface area contributed by atoms with Crippen LogP contribution in [0.3, 0.4) is 0 Å². The van der Waals surface area contributed by atoms with E-state index < -0.39 is 0 Å². The third kappa shape index (κ3) is 3.70. The van der Waals surface area contributed by atoms with Crippen molar-refractivity contribution < 1.29 is 14.3 Å². The van der Waals surface area contributed by atoms with Crippen LogP contribution in [0.5, 0.6) is 0 Å². The summed E-state index contributed by atoms with van der Waals surface area (Å²) in [6.45, 7) is 5.41. The number of ether oxygens (including phenoxy) is 1. The third-order valence-corrected chi connectivity index (χ3v) is 5.68. The second-order valence-electron chi connectivity index (χ2n) is 7.84. The third-order valence-electron chi connectivity index (χ3n) is 5.68. The van der Waals surface area contributed by atoms with Gasteiger partial charge in [-0.15, -0.1) is 0 Å². The monoisotopic (exact) mass is 359 g/mol. The van der Waals surface area contributed by atoms with Crippen molar-refractivity contribution >= 4 is 17.6 Å². The van der Waals surface area contributed by atoms with Crippen LogP contribution in [0.4, 0.5) is 10.5 Å². The maximum absolute atomic E-state index is 12.6. The standard InChI is InChI=1S/C20H29N3O3/c1-14-6-5-7-16(12-14)21-19(25)23-11-10-20(15(2)13-23)9-8-17(26-20)18(24)22(3)4/h5-7,12,15,17H,8-11,13H2,1-4H3,(H,21,25). The average Bonchev–Trinajstić information content (AvgIpc) is 3.02. The van der Waals surface area contributed by atoms with Crippen molar-refractivity contribution in [2.75, 3.05) is 32.5 Å². The number of nitrogens with one attached hydrogen (secondary N) is 1. The number of benzene rings is 1. The Morgan fingerprint density at radius 3 is 2.73 bits per heavy atom. The summed E-state index contributed by atoms with van der Waals surface area (Å²) < 4.78 is 6.24. The van der Waals surface area contributed by atoms with Crippen LogP contribution in [-0.2, 0) is 9.53 Å². The Morgan fingerprint density at radius 1 is 1.31 bits per heavy atom. The van der Waals surface area contributed by atoms with Gasteiger partial charge in [-0.3, -0.25) is 4.79 Å². The van der Waals surface area contributed by atoms with Crippen molar-refractivity contribution in [3.05, 3.63) is 29.8 Å². The van der Waals surface area contributed by atoms with E-state index in [1.54, 1.807) is 19.0 Å². The molecule has 26 heavy (non-hydrogen) atoms. The SMILES string of the molecule is Cc1cccc(NC(=O)N2CCC3(CCC(C(=O)N(C)C)O3)C(C)C2)c1. The maximum atomic E-state index is 12.6. The molecule has 2 fully saturated rings. The molecule has 2 aliphatic heterocycles. The zero-order valence-electron chi connectivity index (χ0n) is 16.1. The van der Waals surface area contributed by atoms with Crippen LogP contribution >= 0.6 is 0 Å². The summed E-state index contributed by atoms with van der Waals surface area (Å²) in [5, 5.41) is 2.98. The Bertz CT molecular complexity index is 691. The number of hydrogen-bond acceptors (Lipinski definition) is 3. The predicted molar refractivity (Wildman–Crippen MR) is 101 cm³/mol. The average molecular weight is 359 g/mol. The largest absolute Gasteiger partial charge is 0.362 e. The number of likely N-dealkylation sites (tertiary alicyclic amines) is 1. The highest BCUT2D eigenvalue weighted by Gasteiger charge is 2.49. The molecule has 3 amide bonds. The molecule has 2 heterocycles. The number of anilines is 1. The van der Waals surface area contributed by atoms with Gasteiger partial charge in [0.05, 0.1) is 5.60 Å². The molecule has 1 spiro atoms. The Labute approximate surface area is 155 Å². The first-order chi connectivity index (χ1) is 12.3. The lowest BCUT2D eigenvalue weighted by Gasteiger charge is -2.44. The van der Waals surface area contributed by atoms with Gasteiger partial charge in [-0.05, 0) is 43.9 Å². The molecule has 2 saturated heterocycles. The van der Waals surface area contributed by atoms with Crippen molar-refractivity contribution in [2.24, 2.45) is 5.92 Å². The number of hydrogen-bond donors (Lipinski definition) is 1. The molecule has 3 rings (SSSR count). The molecule has 0 radical (unpaired) electrons. The molecule has 1 N–H and O–H groups in total. The van der Waals surface area contributed by atoms with Crippen LogP contribution in [0, 0.1) is 12.8 Å². The van der Waals surface area contributed by atoms with Gasteiger partial charge in [0.1, 0.15) is 6.10 Å². The Kier molecular flexibility index (Phi) is 5.23. The van der Waals surface area contributed by atoms with Crippen LogP contribution in [0.1, 0.15) is 31.7 Å². The topological polar surface area (TPSA) is 61.9 Å². The minimum absolute atomic E-state index is 0.0358. The van der Waals surface area contributed by atoms with Gasteiger partial charge in [0.25, 0.3) is 5.91 Å². The molecule has 0 bridgehead atoms. The highest BCUT2D eigenvalue weighted by atomic mass is 16.5. The van der Waals surface area contributed by atoms with Crippen molar-refractivity contribution in [2.45, 2.75) is 44.8 Å². The van der Waals surface area contributed by atoms with Gasteiger partial charge in [-0.25, -0.2) is 4.79 Å². The number of rotatable bonds is 2. The summed E-state index contributed by atoms with van der Waals surface area (Å²) >= 11 is 0. The Morgan fingerprint density at radius 2 is 2.08 bits per heavy atom. The molecule has 2 aliphatic rings. The molecule has 1 aromatic rings. The fraction of sp³-hybridized carbons (Fsp3) is 0.600. The summed E-state index contributed by atoms with van der Waals surface area (Å²) in [5.74, 6) is 0.230. The van der Waals surface area contributed by atoms with Crippen LogP contribution in [0.25, 0.3) is 0 Å². The number of piperidine rings is 1. The fourth-order valence-electron chi connectivity index (χ4n) is 4.05. The van der Waals surface area contributed by atoms with E-state index in [0.717, 1.165) is 30.5 Å². The summed E-state index contributed by atoms with van der Waals surface area (Å²) in [6.07, 6.45) is 2.06. The quantitative estimate of drug-likeness (QED) is 0.883. The van der Waals surface area contributed by atoms with Crippen molar-refractivity contribution in [3.8, 4) is 0 Å². The molecule has 142 valence electrons. The first-order valence-corrected chi connectivity index (χ1v) is 9.32. The lowest BCUT2D eigenvalue weighted by atomic mass is 9.80. The molecule has 6 heteroatoms. The number of aryl methyl sites for hydroxylation is 1. The molecular weight excluding hydrogens is 330 g/mol. The van der Waals surface area contributed by atoms with Crippen molar-refractivity contribution in [1.29, 1.82) is 0 Å². The smallest absolute Gasteiger partial charge is 0.321 e. The summed E-state index contributed by atoms with van der Waals surface area (Å²) in [4.78, 5) is 28.3. The number of amides is 3. The lowest BCUT2D eigenvalue weighted by Crippen LogP contribution is -2.53. The van der Waals surface area contributed by atoms with Crippen LogP contribution < -0.4 is 5.32 Å². The second kappa shape index (κ2) is 7.27. The van der Waals surface area contributed by atoms with Gasteiger partial charge in [0.2, 0.25) is 0 Å². The highest BCUT2D eigenvalue weighted by Crippen LogP contribution is 2.42. The van der Waals surface area contributed by atoms with E-state index in [9.17, 15) is 9.59 Å². The molecule has 0 saturated carbocycles. The first kappa shape index (κ1) is 18.7. The Hall–Kier alpha value is -2.08. The normalized spacial score (nSPS) is 28.2. The molecular formula is C20H29N3O3. The van der Waals surface area contributed by atoms with Gasteiger partial charge >= 0.3 is 6.03 Å². The molecule has 3 atom stereocenters. The minimum Gasteiger partial charge on any atom is -0.362 e. The zero-order valence-corrected chi connectivity index (χ0v) is 16.1. The summed E-state index contributed by atoms with van der Waals surface area (Å²) in [5.41, 5.74) is 1.65. The molecule has 3 unspecified atom stereocenters. The van der Waals surface area contributed by atoms with E-state index in [2.05, 4.69) is 12.2 Å². The van der Waals surface area contributed by atoms with Crippen LogP contribution in [-0.4, -0.2) is 60.6 Å². The van der Waals surface area contributed by atoms with Crippen LogP contribution in [0.15, 0.2) is 24.3 Å². The number of nitrogens with zero attached hydrogens (tertiary/aromatic N) is 2. The fourth-order valence-corrected chi connectivity index (χ4v) is 4.05. The summed E-state index contributed by atoms with van der Waals surface area (Å²) in [6, 6.07) is 7.73. The van der Waals surface area contributed by atoms with Gasteiger partial charge in [0, 0.05) is 38.8 Å². The van der Waals surface area contributed by atoms with Crippen LogP contribution in [0.2, 0.25) is 0 Å². The number of carbonyl (C=O) groups excluding carboxylic acids is 2. The minimum atomic E-state index is -0.347. The molecule has 0 aliphatic carbocycles. The van der Waals surface area contributed by atoms with Gasteiger partial charge in [-0.2, -0.15) is 0 Å². The lowest BCUT2D eigenvalue weighted by molar-refractivity contribution is -0.153. The summed E-state index contributed by atoms with van der Waals surface area (Å²) in [7, 11) is 3.52. The van der Waals surface area contributed by atoms with E-state index in [-0.39, 0.29) is 29.6 Å². The van der Waals surface area contributed by atoms with Crippen molar-refractivity contribution in [3.63, 3.8) is 0 Å². The van der Waals surface area contributed by atoms with Gasteiger partial charge in [-0.1, -0.05) is 19.1 Å². The molecule has 1 aromatic carbocycles. The van der Waals surface area contributed by atoms with E-state index in [1.165, 1.54) is 0 Å².